The summed E-state index contributed by atoms with van der Waals surface area (Å²) in [6.45, 7) is 9.37. The van der Waals surface area contributed by atoms with Crippen LogP contribution in [0.2, 0.25) is 0 Å². The third kappa shape index (κ3) is 14.6. The normalized spacial score (nSPS) is 15.1. The van der Waals surface area contributed by atoms with E-state index in [1.165, 1.54) is 9.13 Å². The van der Waals surface area contributed by atoms with E-state index < -0.39 is 35.6 Å². The zero-order valence-corrected chi connectivity index (χ0v) is 33.6. The van der Waals surface area contributed by atoms with Crippen LogP contribution >= 0.6 is 0 Å². The number of alkyl carbamates (subject to hydrolysis) is 1. The molecule has 1 aliphatic rings. The van der Waals surface area contributed by atoms with Gasteiger partial charge < -0.3 is 30.0 Å². The molecule has 2 heterocycles. The fourth-order valence-electron chi connectivity index (χ4n) is 6.16. The van der Waals surface area contributed by atoms with Gasteiger partial charge in [-0.25, -0.2) is 9.59 Å². The number of amides is 4. The Hall–Kier alpha value is -5.41. The van der Waals surface area contributed by atoms with Crippen LogP contribution in [0.1, 0.15) is 102 Å². The Kier molecular flexibility index (Phi) is 16.9. The number of aryl methyl sites for hydroxylation is 1. The quantitative estimate of drug-likeness (QED) is 0.0958. The summed E-state index contributed by atoms with van der Waals surface area (Å²) in [7, 11) is 1.65. The molecule has 1 aliphatic heterocycles. The monoisotopic (exact) mass is 785 g/mol. The minimum atomic E-state index is -0.722. The predicted molar refractivity (Wildman–Crippen MR) is 215 cm³/mol. The molecule has 14 nitrogen and oxygen atoms in total. The molecule has 0 spiro atoms. The van der Waals surface area contributed by atoms with E-state index in [4.69, 9.17) is 24.7 Å². The van der Waals surface area contributed by atoms with Gasteiger partial charge in [-0.3, -0.25) is 28.8 Å². The average molecular weight is 786 g/mol. The zero-order chi connectivity index (χ0) is 41.4. The van der Waals surface area contributed by atoms with Crippen LogP contribution in [0.4, 0.5) is 4.79 Å². The number of nitrogens with one attached hydrogen (secondary N) is 2. The van der Waals surface area contributed by atoms with Crippen molar-refractivity contribution in [2.75, 3.05) is 26.4 Å². The van der Waals surface area contributed by atoms with E-state index in [1.54, 1.807) is 33.9 Å². The van der Waals surface area contributed by atoms with Crippen LogP contribution in [0, 0.1) is 23.7 Å². The number of benzene rings is 2. The number of hydrogen-bond acceptors (Lipinski definition) is 9. The summed E-state index contributed by atoms with van der Waals surface area (Å²) < 4.78 is 25.7. The molecule has 306 valence electrons. The highest BCUT2D eigenvalue weighted by molar-refractivity contribution is 6.00. The summed E-state index contributed by atoms with van der Waals surface area (Å²) in [5, 5.41) is 5.12. The maximum absolute atomic E-state index is 12.9. The number of fused-ring (bicyclic) bond motifs is 1. The second-order valence-corrected chi connectivity index (χ2v) is 15.0. The van der Waals surface area contributed by atoms with Crippen molar-refractivity contribution < 1.29 is 38.1 Å². The molecule has 2 aromatic carbocycles. The third-order valence-electron chi connectivity index (χ3n) is 9.19. The second kappa shape index (κ2) is 21.8. The first kappa shape index (κ1) is 44.3. The lowest BCUT2D eigenvalue weighted by atomic mass is 10.1. The average Bonchev–Trinajstić information content (AvgIpc) is 3.40. The lowest BCUT2D eigenvalue weighted by Gasteiger charge is -2.27. The molecule has 57 heavy (non-hydrogen) atoms. The van der Waals surface area contributed by atoms with Gasteiger partial charge in [0.05, 0.1) is 29.8 Å². The van der Waals surface area contributed by atoms with Gasteiger partial charge in [-0.2, -0.15) is 0 Å². The largest absolute Gasteiger partial charge is 0.444 e. The minimum absolute atomic E-state index is 0.114. The third-order valence-corrected chi connectivity index (χ3v) is 9.19. The smallest absolute Gasteiger partial charge is 0.407 e. The highest BCUT2D eigenvalue weighted by atomic mass is 16.6. The number of hydrogen-bond donors (Lipinski definition) is 3. The van der Waals surface area contributed by atoms with Crippen molar-refractivity contribution in [3.05, 3.63) is 69.6 Å². The van der Waals surface area contributed by atoms with Gasteiger partial charge in [-0.05, 0) is 89.3 Å². The van der Waals surface area contributed by atoms with Gasteiger partial charge in [0, 0.05) is 44.2 Å². The van der Waals surface area contributed by atoms with Gasteiger partial charge in [-0.15, -0.1) is 0 Å². The highest BCUT2D eigenvalue weighted by Crippen LogP contribution is 2.23. The number of primary amides is 1. The summed E-state index contributed by atoms with van der Waals surface area (Å²) in [6.07, 6.45) is 3.85. The lowest BCUT2D eigenvalue weighted by molar-refractivity contribution is -0.135. The first-order valence-corrected chi connectivity index (χ1v) is 19.4. The maximum atomic E-state index is 12.9. The van der Waals surface area contributed by atoms with E-state index >= 15 is 0 Å². The fraction of sp³-hybridized carbons (Fsp3) is 0.512. The first-order chi connectivity index (χ1) is 27.2. The molecule has 0 radical (unpaired) electrons. The number of nitrogens with two attached hydrogens (primary N) is 1. The molecule has 1 saturated heterocycles. The Balaban J connectivity index is 1.07. The van der Waals surface area contributed by atoms with Crippen LogP contribution in [0.5, 0.6) is 0 Å². The van der Waals surface area contributed by atoms with Crippen LogP contribution in [0.15, 0.2) is 47.3 Å². The number of imide groups is 1. The first-order valence-electron chi connectivity index (χ1n) is 19.4. The number of piperidine rings is 1. The predicted octanol–water partition coefficient (Wildman–Crippen LogP) is 4.38. The maximum Gasteiger partial charge on any atom is 0.407 e. The van der Waals surface area contributed by atoms with Crippen molar-refractivity contribution in [3.63, 3.8) is 0 Å². The Morgan fingerprint density at radius 2 is 1.56 bits per heavy atom. The molecular weight excluding hydrogens is 730 g/mol. The number of aromatic nitrogens is 2. The molecule has 14 heteroatoms. The molecule has 0 saturated carbocycles. The standard InChI is InChI=1S/C43H55N5O9/c1-30(34(19-22-38(44)49)45-41(52)57-43(2,3)4)56-29-33-16-14-31(15-17-33)12-10-26-54-24-8-6-7-9-25-55-27-11-13-32-18-20-35-37(28-32)47(5)42(53)48(35)36-21-23-39(50)46-40(36)51/h14-18,20,28,30,34,36H,6-9,19,21-27,29H2,1-5H3,(H2,44,49)(H,45,52)(H,46,50,51)/t30-,34+,36?/m1/s1. The molecule has 3 aromatic rings. The fourth-order valence-corrected chi connectivity index (χ4v) is 6.16. The van der Waals surface area contributed by atoms with Gasteiger partial charge in [0.25, 0.3) is 0 Å². The van der Waals surface area contributed by atoms with Crippen molar-refractivity contribution in [2.24, 2.45) is 12.8 Å². The number of carbonyl (C=O) groups excluding carboxylic acids is 4. The van der Waals surface area contributed by atoms with E-state index in [0.717, 1.165) is 42.4 Å². The van der Waals surface area contributed by atoms with Gasteiger partial charge in [0.15, 0.2) is 0 Å². The van der Waals surface area contributed by atoms with E-state index in [1.807, 2.05) is 43.3 Å². The molecule has 1 fully saturated rings. The highest BCUT2D eigenvalue weighted by Gasteiger charge is 2.31. The van der Waals surface area contributed by atoms with Crippen LogP contribution in [0.3, 0.4) is 0 Å². The lowest BCUT2D eigenvalue weighted by Crippen LogP contribution is -2.45. The summed E-state index contributed by atoms with van der Waals surface area (Å²) in [5.74, 6) is 11.0. The summed E-state index contributed by atoms with van der Waals surface area (Å²) in [6, 6.07) is 12.0. The number of ether oxygens (including phenoxy) is 4. The molecule has 1 unspecified atom stereocenters. The van der Waals surface area contributed by atoms with Gasteiger partial charge >= 0.3 is 11.8 Å². The minimum Gasteiger partial charge on any atom is -0.444 e. The van der Waals surface area contributed by atoms with Gasteiger partial charge in [-0.1, -0.05) is 48.7 Å². The number of imidazole rings is 1. The van der Waals surface area contributed by atoms with Crippen molar-refractivity contribution >= 4 is 34.8 Å². The number of nitrogens with zero attached hydrogens (tertiary/aromatic N) is 2. The van der Waals surface area contributed by atoms with Gasteiger partial charge in [0.2, 0.25) is 17.7 Å². The molecule has 3 atom stereocenters. The van der Waals surface area contributed by atoms with Crippen molar-refractivity contribution in [3.8, 4) is 23.7 Å². The summed E-state index contributed by atoms with van der Waals surface area (Å²) >= 11 is 0. The Labute approximate surface area is 334 Å². The van der Waals surface area contributed by atoms with E-state index in [0.29, 0.717) is 50.5 Å². The summed E-state index contributed by atoms with van der Waals surface area (Å²) in [4.78, 5) is 60.6. The molecule has 1 aromatic heterocycles. The van der Waals surface area contributed by atoms with E-state index in [2.05, 4.69) is 34.3 Å². The van der Waals surface area contributed by atoms with Crippen LogP contribution in [-0.2, 0) is 47.0 Å². The molecule has 4 N–H and O–H groups in total. The molecule has 0 bridgehead atoms. The second-order valence-electron chi connectivity index (χ2n) is 15.0. The van der Waals surface area contributed by atoms with Crippen molar-refractivity contribution in [1.82, 2.24) is 19.8 Å². The Morgan fingerprint density at radius 1 is 0.930 bits per heavy atom. The number of rotatable bonds is 18. The van der Waals surface area contributed by atoms with Gasteiger partial charge in [0.1, 0.15) is 24.9 Å². The van der Waals surface area contributed by atoms with E-state index in [-0.39, 0.29) is 37.0 Å². The van der Waals surface area contributed by atoms with Crippen LogP contribution < -0.4 is 22.1 Å². The Bertz CT molecular complexity index is 2040. The van der Waals surface area contributed by atoms with Crippen LogP contribution in [0.25, 0.3) is 11.0 Å². The molecule has 0 aliphatic carbocycles. The number of unbranched alkanes of at least 4 members (excludes halogenated alkanes) is 3. The molecule has 4 rings (SSSR count). The van der Waals surface area contributed by atoms with Crippen molar-refractivity contribution in [1.29, 1.82) is 0 Å². The number of carbonyl (C=O) groups is 4. The van der Waals surface area contributed by atoms with Crippen LogP contribution in [-0.4, -0.2) is 77.1 Å². The molecular formula is C43H55N5O9. The Morgan fingerprint density at radius 3 is 2.18 bits per heavy atom. The van der Waals surface area contributed by atoms with E-state index in [9.17, 15) is 24.0 Å². The zero-order valence-electron chi connectivity index (χ0n) is 33.6. The SMILES string of the molecule is C[C@@H](OCc1ccc(C#CCOCCCCCCOCC#Cc2ccc3c(c2)n(C)c(=O)n3C2CCC(=O)NC2=O)cc1)[C@H](CCC(N)=O)NC(=O)OC(C)(C)C. The molecule has 4 amide bonds. The summed E-state index contributed by atoms with van der Waals surface area (Å²) in [5.41, 5.74) is 8.19. The van der Waals surface area contributed by atoms with Crippen molar-refractivity contribution in [2.45, 2.75) is 109 Å². The topological polar surface area (TPSA) is 182 Å².